The summed E-state index contributed by atoms with van der Waals surface area (Å²) < 4.78 is 23.6. The maximum atomic E-state index is 12.1. The third-order valence-electron chi connectivity index (χ3n) is 4.09. The molecule has 1 unspecified atom stereocenters. The first kappa shape index (κ1) is 19.7. The van der Waals surface area contributed by atoms with Crippen molar-refractivity contribution in [1.29, 1.82) is 0 Å². The smallest absolute Gasteiger partial charge is 0.310 e. The summed E-state index contributed by atoms with van der Waals surface area (Å²) in [5.41, 5.74) is 1.93. The highest BCUT2D eigenvalue weighted by Crippen LogP contribution is 2.18. The minimum Gasteiger partial charge on any atom is -0.481 e. The summed E-state index contributed by atoms with van der Waals surface area (Å²) in [4.78, 5) is 23.3. The van der Waals surface area contributed by atoms with E-state index in [9.17, 15) is 18.0 Å². The van der Waals surface area contributed by atoms with Crippen LogP contribution >= 0.6 is 0 Å². The number of carbonyl (C=O) groups is 2. The van der Waals surface area contributed by atoms with Gasteiger partial charge in [0.25, 0.3) is 0 Å². The van der Waals surface area contributed by atoms with Crippen LogP contribution in [0.2, 0.25) is 0 Å². The fourth-order valence-corrected chi connectivity index (χ4v) is 3.25. The van der Waals surface area contributed by atoms with Crippen LogP contribution in [0.1, 0.15) is 30.9 Å². The number of aliphatic carboxylic acids is 1. The molecule has 0 aromatic heterocycles. The number of carbonyl (C=O) groups excluding carboxylic acids is 1. The van der Waals surface area contributed by atoms with Gasteiger partial charge in [-0.25, -0.2) is 8.42 Å². The average molecular weight is 375 g/mol. The number of carboxylic acid groups (broad SMARTS) is 1. The lowest BCUT2D eigenvalue weighted by atomic mass is 10.0. The number of amides is 1. The molecule has 0 saturated heterocycles. The Balaban J connectivity index is 1.99. The van der Waals surface area contributed by atoms with Gasteiger partial charge in [0.15, 0.2) is 9.84 Å². The molecule has 2 N–H and O–H groups in total. The molecule has 0 spiro atoms. The number of hydrogen-bond donors (Lipinski definition) is 2. The van der Waals surface area contributed by atoms with E-state index in [4.69, 9.17) is 5.11 Å². The van der Waals surface area contributed by atoms with Crippen LogP contribution in [0.3, 0.4) is 0 Å². The summed E-state index contributed by atoms with van der Waals surface area (Å²) in [5.74, 6) is -1.73. The monoisotopic (exact) mass is 375 g/mol. The molecule has 2 aromatic carbocycles. The zero-order chi connectivity index (χ0) is 19.3. The molecule has 0 aliphatic carbocycles. The Bertz CT molecular complexity index is 887. The second-order valence-corrected chi connectivity index (χ2v) is 8.23. The average Bonchev–Trinajstić information content (AvgIpc) is 2.62. The van der Waals surface area contributed by atoms with Gasteiger partial charge in [-0.2, -0.15) is 0 Å². The molecule has 1 atom stereocenters. The van der Waals surface area contributed by atoms with Gasteiger partial charge < -0.3 is 10.4 Å². The summed E-state index contributed by atoms with van der Waals surface area (Å²) in [6.45, 7) is 3.18. The van der Waals surface area contributed by atoms with Crippen LogP contribution < -0.4 is 5.32 Å². The Kier molecular flexibility index (Phi) is 6.15. The SMILES string of the molecule is CCS(=O)(=O)c1ccc(CC(=O)Nc2ccc(C(C)C(=O)O)cc2)cc1. The molecule has 138 valence electrons. The van der Waals surface area contributed by atoms with Crippen LogP contribution in [0.25, 0.3) is 0 Å². The van der Waals surface area contributed by atoms with Crippen molar-refractivity contribution in [3.8, 4) is 0 Å². The zero-order valence-corrected chi connectivity index (χ0v) is 15.4. The summed E-state index contributed by atoms with van der Waals surface area (Å²) in [6.07, 6.45) is 0.111. The third-order valence-corrected chi connectivity index (χ3v) is 5.84. The molecular weight excluding hydrogens is 354 g/mol. The van der Waals surface area contributed by atoms with Crippen LogP contribution in [0.5, 0.6) is 0 Å². The summed E-state index contributed by atoms with van der Waals surface area (Å²) in [6, 6.07) is 12.9. The van der Waals surface area contributed by atoms with Gasteiger partial charge in [-0.15, -0.1) is 0 Å². The van der Waals surface area contributed by atoms with Crippen molar-refractivity contribution in [2.45, 2.75) is 31.1 Å². The predicted molar refractivity (Wildman–Crippen MR) is 99.0 cm³/mol. The number of rotatable bonds is 7. The van der Waals surface area contributed by atoms with Gasteiger partial charge in [0.2, 0.25) is 5.91 Å². The molecule has 0 aliphatic heterocycles. The lowest BCUT2D eigenvalue weighted by Crippen LogP contribution is -2.14. The van der Waals surface area contributed by atoms with Crippen LogP contribution in [-0.4, -0.2) is 31.2 Å². The lowest BCUT2D eigenvalue weighted by Gasteiger charge is -2.09. The first-order chi connectivity index (χ1) is 12.2. The Morgan fingerprint density at radius 2 is 1.62 bits per heavy atom. The van der Waals surface area contributed by atoms with E-state index in [1.54, 1.807) is 50.2 Å². The Hall–Kier alpha value is -2.67. The van der Waals surface area contributed by atoms with Crippen molar-refractivity contribution in [1.82, 2.24) is 0 Å². The molecule has 0 bridgehead atoms. The molecule has 0 fully saturated rings. The second kappa shape index (κ2) is 8.14. The molecular formula is C19H21NO5S. The third kappa shape index (κ3) is 4.92. The van der Waals surface area contributed by atoms with Crippen molar-refractivity contribution < 1.29 is 23.1 Å². The first-order valence-corrected chi connectivity index (χ1v) is 9.82. The van der Waals surface area contributed by atoms with E-state index >= 15 is 0 Å². The van der Waals surface area contributed by atoms with E-state index in [0.29, 0.717) is 16.8 Å². The van der Waals surface area contributed by atoms with Crippen LogP contribution in [0, 0.1) is 0 Å². The molecule has 2 rings (SSSR count). The van der Waals surface area contributed by atoms with E-state index in [1.807, 2.05) is 0 Å². The van der Waals surface area contributed by atoms with E-state index in [-0.39, 0.29) is 23.0 Å². The largest absolute Gasteiger partial charge is 0.481 e. The number of sulfone groups is 1. The van der Waals surface area contributed by atoms with Gasteiger partial charge >= 0.3 is 5.97 Å². The second-order valence-electron chi connectivity index (χ2n) is 5.95. The van der Waals surface area contributed by atoms with Gasteiger partial charge in [-0.1, -0.05) is 31.2 Å². The lowest BCUT2D eigenvalue weighted by molar-refractivity contribution is -0.138. The van der Waals surface area contributed by atoms with Crippen molar-refractivity contribution in [2.75, 3.05) is 11.1 Å². The summed E-state index contributed by atoms with van der Waals surface area (Å²) >= 11 is 0. The highest BCUT2D eigenvalue weighted by Gasteiger charge is 2.14. The first-order valence-electron chi connectivity index (χ1n) is 8.17. The molecule has 0 saturated carbocycles. The maximum absolute atomic E-state index is 12.1. The van der Waals surface area contributed by atoms with Crippen molar-refractivity contribution >= 4 is 27.4 Å². The van der Waals surface area contributed by atoms with Crippen LogP contribution in [0.4, 0.5) is 5.69 Å². The van der Waals surface area contributed by atoms with Crippen LogP contribution in [-0.2, 0) is 25.8 Å². The molecule has 6 nitrogen and oxygen atoms in total. The molecule has 0 aliphatic rings. The Morgan fingerprint density at radius 1 is 1.04 bits per heavy atom. The fourth-order valence-electron chi connectivity index (χ4n) is 2.37. The maximum Gasteiger partial charge on any atom is 0.310 e. The summed E-state index contributed by atoms with van der Waals surface area (Å²) in [5, 5.41) is 11.7. The zero-order valence-electron chi connectivity index (χ0n) is 14.6. The number of anilines is 1. The van der Waals surface area contributed by atoms with Gasteiger partial charge in [0.1, 0.15) is 0 Å². The van der Waals surface area contributed by atoms with Gasteiger partial charge in [0.05, 0.1) is 23.0 Å². The topological polar surface area (TPSA) is 101 Å². The van der Waals surface area contributed by atoms with Crippen molar-refractivity contribution in [3.63, 3.8) is 0 Å². The standard InChI is InChI=1S/C19H21NO5S/c1-3-26(24,25)17-10-4-14(5-11-17)12-18(21)20-16-8-6-15(7-9-16)13(2)19(22)23/h4-11,13H,3,12H2,1-2H3,(H,20,21)(H,22,23). The van der Waals surface area contributed by atoms with E-state index in [1.165, 1.54) is 12.1 Å². The van der Waals surface area contributed by atoms with Crippen LogP contribution in [0.15, 0.2) is 53.4 Å². The minimum atomic E-state index is -3.25. The molecule has 7 heteroatoms. The van der Waals surface area contributed by atoms with E-state index in [0.717, 1.165) is 0 Å². The van der Waals surface area contributed by atoms with Gasteiger partial charge in [0, 0.05) is 5.69 Å². The molecule has 0 heterocycles. The molecule has 26 heavy (non-hydrogen) atoms. The van der Waals surface area contributed by atoms with Gasteiger partial charge in [-0.3, -0.25) is 9.59 Å². The highest BCUT2D eigenvalue weighted by molar-refractivity contribution is 7.91. The van der Waals surface area contributed by atoms with Gasteiger partial charge in [-0.05, 0) is 42.3 Å². The number of hydrogen-bond acceptors (Lipinski definition) is 4. The summed E-state index contributed by atoms with van der Waals surface area (Å²) in [7, 11) is -3.25. The molecule has 2 aromatic rings. The van der Waals surface area contributed by atoms with E-state index < -0.39 is 21.7 Å². The fraction of sp³-hybridized carbons (Fsp3) is 0.263. The quantitative estimate of drug-likeness (QED) is 0.775. The minimum absolute atomic E-state index is 0.0311. The van der Waals surface area contributed by atoms with Crippen molar-refractivity contribution in [3.05, 3.63) is 59.7 Å². The normalized spacial score (nSPS) is 12.4. The van der Waals surface area contributed by atoms with Crippen molar-refractivity contribution in [2.24, 2.45) is 0 Å². The Morgan fingerprint density at radius 3 is 2.12 bits per heavy atom. The predicted octanol–water partition coefficient (Wildman–Crippen LogP) is 2.85. The molecule has 1 amide bonds. The van der Waals surface area contributed by atoms with E-state index in [2.05, 4.69) is 5.32 Å². The Labute approximate surface area is 152 Å². The molecule has 0 radical (unpaired) electrons. The number of carboxylic acids is 1. The number of nitrogens with one attached hydrogen (secondary N) is 1. The highest BCUT2D eigenvalue weighted by atomic mass is 32.2. The number of benzene rings is 2.